The third-order valence-electron chi connectivity index (χ3n) is 5.13. The topological polar surface area (TPSA) is 94.3 Å². The average Bonchev–Trinajstić information content (AvgIpc) is 3.43. The molecule has 4 rings (SSSR count). The van der Waals surface area contributed by atoms with E-state index in [0.717, 1.165) is 28.7 Å². The Morgan fingerprint density at radius 3 is 2.47 bits per heavy atom. The summed E-state index contributed by atoms with van der Waals surface area (Å²) in [5.74, 6) is 1.66. The molecular weight excluding hydrogens is 402 g/mol. The molecule has 0 radical (unpaired) electrons. The SMILES string of the molecule is CC/C=C/c1nn(CC(C)C)c(=O)n1Cc1ccc(-c2ccccc2-c2nnn[nH]2)cc1. The van der Waals surface area contributed by atoms with E-state index in [1.807, 2.05) is 48.6 Å². The number of hydrogen-bond acceptors (Lipinski definition) is 5. The zero-order valence-corrected chi connectivity index (χ0v) is 18.6. The van der Waals surface area contributed by atoms with Gasteiger partial charge in [-0.1, -0.05) is 75.4 Å². The van der Waals surface area contributed by atoms with E-state index < -0.39 is 0 Å². The van der Waals surface area contributed by atoms with Crippen molar-refractivity contribution in [2.24, 2.45) is 5.92 Å². The van der Waals surface area contributed by atoms with Gasteiger partial charge < -0.3 is 0 Å². The van der Waals surface area contributed by atoms with E-state index in [1.165, 1.54) is 0 Å². The van der Waals surface area contributed by atoms with Crippen LogP contribution in [0.1, 0.15) is 38.6 Å². The quantitative estimate of drug-likeness (QED) is 0.456. The summed E-state index contributed by atoms with van der Waals surface area (Å²) in [6.45, 7) is 7.30. The highest BCUT2D eigenvalue weighted by atomic mass is 16.2. The van der Waals surface area contributed by atoms with Gasteiger partial charge in [0.2, 0.25) is 0 Å². The Morgan fingerprint density at radius 2 is 1.81 bits per heavy atom. The third-order valence-corrected chi connectivity index (χ3v) is 5.13. The number of rotatable bonds is 8. The largest absolute Gasteiger partial charge is 0.346 e. The highest BCUT2D eigenvalue weighted by Gasteiger charge is 2.14. The molecule has 0 aliphatic rings. The second-order valence-electron chi connectivity index (χ2n) is 8.11. The minimum Gasteiger partial charge on any atom is -0.271 e. The van der Waals surface area contributed by atoms with Gasteiger partial charge in [0.25, 0.3) is 0 Å². The first kappa shape index (κ1) is 21.4. The molecule has 0 unspecified atom stereocenters. The Bertz CT molecular complexity index is 1250. The lowest BCUT2D eigenvalue weighted by Crippen LogP contribution is -2.27. The minimum atomic E-state index is -0.0818. The summed E-state index contributed by atoms with van der Waals surface area (Å²) in [4.78, 5) is 13.0. The Balaban J connectivity index is 1.64. The second-order valence-corrected chi connectivity index (χ2v) is 8.11. The molecule has 32 heavy (non-hydrogen) atoms. The molecule has 2 aromatic carbocycles. The van der Waals surface area contributed by atoms with E-state index in [1.54, 1.807) is 9.25 Å². The fourth-order valence-electron chi connectivity index (χ4n) is 3.60. The molecule has 0 amide bonds. The third kappa shape index (κ3) is 4.59. The van der Waals surface area contributed by atoms with Gasteiger partial charge in [0, 0.05) is 12.1 Å². The molecule has 0 fully saturated rings. The van der Waals surface area contributed by atoms with Gasteiger partial charge in [0.05, 0.1) is 6.54 Å². The summed E-state index contributed by atoms with van der Waals surface area (Å²) in [5.41, 5.74) is 3.97. The van der Waals surface area contributed by atoms with Crippen molar-refractivity contribution in [3.8, 4) is 22.5 Å². The summed E-state index contributed by atoms with van der Waals surface area (Å²) in [7, 11) is 0. The zero-order valence-electron chi connectivity index (χ0n) is 18.6. The summed E-state index contributed by atoms with van der Waals surface area (Å²) in [6, 6.07) is 16.2. The standard InChI is InChI=1S/C24H27N7O/c1-4-5-10-22-27-31(15-17(2)3)24(32)30(22)16-18-11-13-19(14-12-18)20-8-6-7-9-21(20)23-25-28-29-26-23/h5-14,17H,4,15-16H2,1-3H3,(H,25,26,28,29)/b10-5+. The lowest BCUT2D eigenvalue weighted by molar-refractivity contribution is 0.466. The van der Waals surface area contributed by atoms with Crippen LogP contribution in [0.15, 0.2) is 59.4 Å². The molecule has 0 aliphatic heterocycles. The molecule has 0 spiro atoms. The van der Waals surface area contributed by atoms with Crippen LogP contribution in [0.5, 0.6) is 0 Å². The van der Waals surface area contributed by atoms with Crippen molar-refractivity contribution in [3.63, 3.8) is 0 Å². The lowest BCUT2D eigenvalue weighted by atomic mass is 9.98. The predicted octanol–water partition coefficient (Wildman–Crippen LogP) is 4.02. The number of aromatic nitrogens is 7. The highest BCUT2D eigenvalue weighted by Crippen LogP contribution is 2.29. The van der Waals surface area contributed by atoms with Crippen molar-refractivity contribution in [3.05, 3.63) is 76.5 Å². The van der Waals surface area contributed by atoms with Crippen LogP contribution in [0, 0.1) is 5.92 Å². The summed E-state index contributed by atoms with van der Waals surface area (Å²) in [5, 5.41) is 18.8. The van der Waals surface area contributed by atoms with Crippen molar-refractivity contribution >= 4 is 6.08 Å². The molecule has 1 N–H and O–H groups in total. The van der Waals surface area contributed by atoms with Crippen molar-refractivity contribution < 1.29 is 0 Å². The number of tetrazole rings is 1. The second kappa shape index (κ2) is 9.55. The van der Waals surface area contributed by atoms with E-state index in [2.05, 4.69) is 58.6 Å². The molecule has 4 aromatic rings. The fourth-order valence-corrected chi connectivity index (χ4v) is 3.60. The molecule has 0 atom stereocenters. The van der Waals surface area contributed by atoms with Crippen LogP contribution in [0.4, 0.5) is 0 Å². The van der Waals surface area contributed by atoms with Crippen LogP contribution < -0.4 is 5.69 Å². The first-order valence-corrected chi connectivity index (χ1v) is 10.8. The maximum absolute atomic E-state index is 13.0. The van der Waals surface area contributed by atoms with E-state index in [4.69, 9.17) is 0 Å². The maximum Gasteiger partial charge on any atom is 0.346 e. The van der Waals surface area contributed by atoms with Gasteiger partial charge in [-0.3, -0.25) is 4.57 Å². The minimum absolute atomic E-state index is 0.0818. The van der Waals surface area contributed by atoms with Crippen LogP contribution in [0.3, 0.4) is 0 Å². The number of nitrogens with zero attached hydrogens (tertiary/aromatic N) is 6. The Kier molecular flexibility index (Phi) is 6.39. The molecule has 0 saturated heterocycles. The molecule has 0 bridgehead atoms. The Hall–Kier alpha value is -3.81. The van der Waals surface area contributed by atoms with E-state index in [9.17, 15) is 4.79 Å². The molecule has 2 aromatic heterocycles. The number of nitrogens with one attached hydrogen (secondary N) is 1. The van der Waals surface area contributed by atoms with Gasteiger partial charge in [0.15, 0.2) is 11.6 Å². The van der Waals surface area contributed by atoms with Gasteiger partial charge in [0.1, 0.15) is 0 Å². The molecule has 8 nitrogen and oxygen atoms in total. The summed E-state index contributed by atoms with van der Waals surface area (Å²) >= 11 is 0. The van der Waals surface area contributed by atoms with Gasteiger partial charge in [-0.05, 0) is 45.5 Å². The molecule has 0 saturated carbocycles. The van der Waals surface area contributed by atoms with Crippen LogP contribution >= 0.6 is 0 Å². The Morgan fingerprint density at radius 1 is 1.06 bits per heavy atom. The molecular formula is C24H27N7O. The fraction of sp³-hybridized carbons (Fsp3) is 0.292. The van der Waals surface area contributed by atoms with E-state index >= 15 is 0 Å². The van der Waals surface area contributed by atoms with Gasteiger partial charge in [-0.15, -0.1) is 5.10 Å². The number of allylic oxidation sites excluding steroid dienone is 1. The first-order valence-electron chi connectivity index (χ1n) is 10.8. The molecule has 2 heterocycles. The monoisotopic (exact) mass is 429 g/mol. The molecule has 164 valence electrons. The van der Waals surface area contributed by atoms with Gasteiger partial charge >= 0.3 is 5.69 Å². The summed E-state index contributed by atoms with van der Waals surface area (Å²) in [6.07, 6.45) is 4.84. The molecule has 0 aliphatic carbocycles. The van der Waals surface area contributed by atoms with E-state index in [0.29, 0.717) is 30.7 Å². The van der Waals surface area contributed by atoms with Crippen molar-refractivity contribution in [1.82, 2.24) is 35.0 Å². The first-order chi connectivity index (χ1) is 15.6. The number of benzene rings is 2. The Labute approximate surface area is 186 Å². The van der Waals surface area contributed by atoms with Crippen LogP contribution in [-0.4, -0.2) is 35.0 Å². The van der Waals surface area contributed by atoms with Crippen LogP contribution in [0.2, 0.25) is 0 Å². The average molecular weight is 430 g/mol. The number of H-pyrrole nitrogens is 1. The molecule has 8 heteroatoms. The smallest absolute Gasteiger partial charge is 0.271 e. The number of hydrogen-bond donors (Lipinski definition) is 1. The number of aromatic amines is 1. The maximum atomic E-state index is 13.0. The lowest BCUT2D eigenvalue weighted by Gasteiger charge is -2.09. The normalized spacial score (nSPS) is 11.6. The van der Waals surface area contributed by atoms with Crippen LogP contribution in [-0.2, 0) is 13.1 Å². The van der Waals surface area contributed by atoms with Gasteiger partial charge in [-0.2, -0.15) is 5.10 Å². The zero-order chi connectivity index (χ0) is 22.5. The highest BCUT2D eigenvalue weighted by molar-refractivity contribution is 5.80. The van der Waals surface area contributed by atoms with Crippen LogP contribution in [0.25, 0.3) is 28.6 Å². The predicted molar refractivity (Wildman–Crippen MR) is 125 cm³/mol. The van der Waals surface area contributed by atoms with Crippen molar-refractivity contribution in [2.45, 2.75) is 40.3 Å². The van der Waals surface area contributed by atoms with E-state index in [-0.39, 0.29) is 5.69 Å². The van der Waals surface area contributed by atoms with Gasteiger partial charge in [-0.25, -0.2) is 14.6 Å². The summed E-state index contributed by atoms with van der Waals surface area (Å²) < 4.78 is 3.30. The van der Waals surface area contributed by atoms with Crippen molar-refractivity contribution in [1.29, 1.82) is 0 Å². The van der Waals surface area contributed by atoms with Crippen molar-refractivity contribution in [2.75, 3.05) is 0 Å².